The van der Waals surface area contributed by atoms with Crippen LogP contribution in [0.5, 0.6) is 0 Å². The first-order chi connectivity index (χ1) is 10.2. The van der Waals surface area contributed by atoms with Crippen molar-refractivity contribution in [2.75, 3.05) is 18.4 Å². The molecule has 1 aromatic heterocycles. The lowest BCUT2D eigenvalue weighted by Crippen LogP contribution is -2.28. The Morgan fingerprint density at radius 2 is 2.19 bits per heavy atom. The van der Waals surface area contributed by atoms with Crippen LogP contribution < -0.4 is 10.6 Å². The lowest BCUT2D eigenvalue weighted by molar-refractivity contribution is 0.0952. The number of nitrogens with zero attached hydrogens (tertiary/aromatic N) is 1. The summed E-state index contributed by atoms with van der Waals surface area (Å²) >= 11 is 1.62. The standard InChI is InChI=1S/C16H21N3OS/c1-3-8-17-14-7-5-4-6-13(14)15(20)19-11-12(2)16-18-9-10-21-16/h4-7,9-10,12,17H,3,8,11H2,1-2H3,(H,19,20). The van der Waals surface area contributed by atoms with Crippen LogP contribution >= 0.6 is 11.3 Å². The van der Waals surface area contributed by atoms with Crippen LogP contribution in [-0.4, -0.2) is 24.0 Å². The van der Waals surface area contributed by atoms with Gasteiger partial charge in [0.05, 0.1) is 10.6 Å². The Labute approximate surface area is 129 Å². The minimum absolute atomic E-state index is 0.0439. The van der Waals surface area contributed by atoms with Crippen LogP contribution in [0.2, 0.25) is 0 Å². The van der Waals surface area contributed by atoms with Crippen LogP contribution in [0, 0.1) is 0 Å². The van der Waals surface area contributed by atoms with E-state index in [1.54, 1.807) is 17.5 Å². The third-order valence-electron chi connectivity index (χ3n) is 3.18. The molecule has 0 aliphatic rings. The fraction of sp³-hybridized carbons (Fsp3) is 0.375. The molecule has 2 rings (SSSR count). The highest BCUT2D eigenvalue weighted by Crippen LogP contribution is 2.18. The second-order valence-electron chi connectivity index (χ2n) is 4.95. The van der Waals surface area contributed by atoms with Crippen molar-refractivity contribution in [2.45, 2.75) is 26.2 Å². The summed E-state index contributed by atoms with van der Waals surface area (Å²) < 4.78 is 0. The van der Waals surface area contributed by atoms with Gasteiger partial charge >= 0.3 is 0 Å². The van der Waals surface area contributed by atoms with Gasteiger partial charge in [0.2, 0.25) is 0 Å². The molecule has 0 radical (unpaired) electrons. The second kappa shape index (κ2) is 7.78. The van der Waals surface area contributed by atoms with E-state index in [1.807, 2.05) is 29.6 Å². The average Bonchev–Trinajstić information content (AvgIpc) is 3.05. The minimum atomic E-state index is -0.0439. The summed E-state index contributed by atoms with van der Waals surface area (Å²) in [7, 11) is 0. The van der Waals surface area contributed by atoms with Crippen molar-refractivity contribution in [3.8, 4) is 0 Å². The number of nitrogens with one attached hydrogen (secondary N) is 2. The number of para-hydroxylation sites is 1. The quantitative estimate of drug-likeness (QED) is 0.823. The van der Waals surface area contributed by atoms with Crippen molar-refractivity contribution < 1.29 is 4.79 Å². The minimum Gasteiger partial charge on any atom is -0.384 e. The number of benzene rings is 1. The van der Waals surface area contributed by atoms with E-state index >= 15 is 0 Å². The van der Waals surface area contributed by atoms with E-state index < -0.39 is 0 Å². The molecule has 1 amide bonds. The van der Waals surface area contributed by atoms with Gasteiger partial charge < -0.3 is 10.6 Å². The van der Waals surface area contributed by atoms with Gasteiger partial charge in [-0.25, -0.2) is 4.98 Å². The predicted octanol–water partition coefficient (Wildman–Crippen LogP) is 3.50. The van der Waals surface area contributed by atoms with Crippen LogP contribution in [0.15, 0.2) is 35.8 Å². The summed E-state index contributed by atoms with van der Waals surface area (Å²) in [6.07, 6.45) is 2.82. The molecule has 21 heavy (non-hydrogen) atoms. The molecule has 0 saturated carbocycles. The Morgan fingerprint density at radius 3 is 2.90 bits per heavy atom. The average molecular weight is 303 g/mol. The molecule has 4 nitrogen and oxygen atoms in total. The summed E-state index contributed by atoms with van der Waals surface area (Å²) in [4.78, 5) is 16.6. The van der Waals surface area contributed by atoms with Crippen LogP contribution in [0.1, 0.15) is 41.6 Å². The van der Waals surface area contributed by atoms with Gasteiger partial charge in [-0.3, -0.25) is 4.79 Å². The van der Waals surface area contributed by atoms with Gasteiger partial charge in [-0.1, -0.05) is 26.0 Å². The molecule has 0 saturated heterocycles. The number of aromatic nitrogens is 1. The van der Waals surface area contributed by atoms with Gasteiger partial charge in [-0.2, -0.15) is 0 Å². The maximum absolute atomic E-state index is 12.3. The Bertz CT molecular complexity index is 569. The molecule has 0 fully saturated rings. The van der Waals surface area contributed by atoms with Crippen molar-refractivity contribution in [1.82, 2.24) is 10.3 Å². The van der Waals surface area contributed by atoms with Gasteiger partial charge in [0, 0.05) is 36.3 Å². The highest BCUT2D eigenvalue weighted by atomic mass is 32.1. The molecule has 5 heteroatoms. The van der Waals surface area contributed by atoms with Crippen LogP contribution in [0.25, 0.3) is 0 Å². The molecule has 1 aromatic carbocycles. The van der Waals surface area contributed by atoms with Crippen LogP contribution in [0.4, 0.5) is 5.69 Å². The van der Waals surface area contributed by atoms with E-state index in [-0.39, 0.29) is 11.8 Å². The number of carbonyl (C=O) groups is 1. The van der Waals surface area contributed by atoms with Gasteiger partial charge in [-0.15, -0.1) is 11.3 Å². The van der Waals surface area contributed by atoms with Gasteiger partial charge in [-0.05, 0) is 18.6 Å². The third kappa shape index (κ3) is 4.29. The number of anilines is 1. The zero-order valence-corrected chi connectivity index (χ0v) is 13.2. The van der Waals surface area contributed by atoms with Crippen molar-refractivity contribution in [3.05, 3.63) is 46.4 Å². The fourth-order valence-electron chi connectivity index (χ4n) is 2.00. The van der Waals surface area contributed by atoms with E-state index in [1.165, 1.54) is 0 Å². The van der Waals surface area contributed by atoms with Crippen LogP contribution in [-0.2, 0) is 0 Å². The summed E-state index contributed by atoms with van der Waals surface area (Å²) in [5.41, 5.74) is 1.58. The van der Waals surface area contributed by atoms with Crippen molar-refractivity contribution >= 4 is 22.9 Å². The fourth-order valence-corrected chi connectivity index (χ4v) is 2.70. The maximum Gasteiger partial charge on any atom is 0.253 e. The highest BCUT2D eigenvalue weighted by molar-refractivity contribution is 7.09. The van der Waals surface area contributed by atoms with E-state index in [4.69, 9.17) is 0 Å². The molecule has 2 N–H and O–H groups in total. The van der Waals surface area contributed by atoms with Crippen molar-refractivity contribution in [1.29, 1.82) is 0 Å². The molecule has 1 unspecified atom stereocenters. The maximum atomic E-state index is 12.3. The molecule has 1 atom stereocenters. The molecule has 0 aliphatic carbocycles. The molecule has 2 aromatic rings. The topological polar surface area (TPSA) is 54.0 Å². The number of hydrogen-bond donors (Lipinski definition) is 2. The van der Waals surface area contributed by atoms with E-state index in [0.717, 1.165) is 23.7 Å². The first-order valence-corrected chi connectivity index (χ1v) is 8.10. The summed E-state index contributed by atoms with van der Waals surface area (Å²) in [5, 5.41) is 9.28. The van der Waals surface area contributed by atoms with Gasteiger partial charge in [0.15, 0.2) is 0 Å². The number of amides is 1. The SMILES string of the molecule is CCCNc1ccccc1C(=O)NCC(C)c1nccs1. The Morgan fingerprint density at radius 1 is 1.38 bits per heavy atom. The van der Waals surface area contributed by atoms with Gasteiger partial charge in [0.1, 0.15) is 0 Å². The Kier molecular flexibility index (Phi) is 5.75. The number of carbonyl (C=O) groups excluding carboxylic acids is 1. The zero-order valence-electron chi connectivity index (χ0n) is 12.4. The lowest BCUT2D eigenvalue weighted by Gasteiger charge is -2.13. The van der Waals surface area contributed by atoms with E-state index in [9.17, 15) is 4.79 Å². The van der Waals surface area contributed by atoms with E-state index in [2.05, 4.69) is 29.5 Å². The first kappa shape index (κ1) is 15.5. The molecular formula is C16H21N3OS. The molecule has 112 valence electrons. The normalized spacial score (nSPS) is 11.9. The lowest BCUT2D eigenvalue weighted by atomic mass is 10.1. The number of thiazole rings is 1. The largest absolute Gasteiger partial charge is 0.384 e. The van der Waals surface area contributed by atoms with Crippen LogP contribution in [0.3, 0.4) is 0 Å². The second-order valence-corrected chi connectivity index (χ2v) is 5.88. The highest BCUT2D eigenvalue weighted by Gasteiger charge is 2.13. The Hall–Kier alpha value is -1.88. The third-order valence-corrected chi connectivity index (χ3v) is 4.19. The molecule has 1 heterocycles. The van der Waals surface area contributed by atoms with Crippen molar-refractivity contribution in [3.63, 3.8) is 0 Å². The number of hydrogen-bond acceptors (Lipinski definition) is 4. The monoisotopic (exact) mass is 303 g/mol. The molecule has 0 aliphatic heterocycles. The number of rotatable bonds is 7. The molecular weight excluding hydrogens is 282 g/mol. The van der Waals surface area contributed by atoms with E-state index in [0.29, 0.717) is 12.1 Å². The van der Waals surface area contributed by atoms with Crippen molar-refractivity contribution in [2.24, 2.45) is 0 Å². The smallest absolute Gasteiger partial charge is 0.253 e. The predicted molar refractivity (Wildman–Crippen MR) is 88.1 cm³/mol. The first-order valence-electron chi connectivity index (χ1n) is 7.22. The summed E-state index contributed by atoms with van der Waals surface area (Å²) in [5.74, 6) is 0.183. The summed E-state index contributed by atoms with van der Waals surface area (Å²) in [6.45, 7) is 5.63. The van der Waals surface area contributed by atoms with Gasteiger partial charge in [0.25, 0.3) is 5.91 Å². The molecule has 0 spiro atoms. The summed E-state index contributed by atoms with van der Waals surface area (Å²) in [6, 6.07) is 7.61. The Balaban J connectivity index is 1.97. The zero-order chi connectivity index (χ0) is 15.1. The molecule has 0 bridgehead atoms.